The van der Waals surface area contributed by atoms with Gasteiger partial charge in [-0.05, 0) is 30.3 Å². The van der Waals surface area contributed by atoms with E-state index in [1.54, 1.807) is 12.1 Å². The molecule has 0 saturated heterocycles. The van der Waals surface area contributed by atoms with Gasteiger partial charge in [-0.1, -0.05) is 17.7 Å². The second-order valence-electron chi connectivity index (χ2n) is 4.05. The van der Waals surface area contributed by atoms with Crippen molar-refractivity contribution >= 4 is 46.0 Å². The monoisotopic (exact) mass is 305 g/mol. The Morgan fingerprint density at radius 3 is 2.95 bits per heavy atom. The largest absolute Gasteiger partial charge is 0.507 e. The zero-order chi connectivity index (χ0) is 14.1. The minimum absolute atomic E-state index is 0.109. The van der Waals surface area contributed by atoms with Crippen LogP contribution in [0, 0.1) is 0 Å². The van der Waals surface area contributed by atoms with E-state index in [9.17, 15) is 9.90 Å². The highest BCUT2D eigenvalue weighted by Crippen LogP contribution is 2.25. The van der Waals surface area contributed by atoms with Crippen LogP contribution in [0.4, 0.5) is 5.69 Å². The number of hydrogen-bond acceptors (Lipinski definition) is 5. The second kappa shape index (κ2) is 5.07. The number of halogens is 1. The molecule has 2 aromatic carbocycles. The molecule has 0 fully saturated rings. The van der Waals surface area contributed by atoms with Gasteiger partial charge < -0.3 is 10.4 Å². The molecule has 2 N–H and O–H groups in total. The van der Waals surface area contributed by atoms with Gasteiger partial charge in [0.2, 0.25) is 0 Å². The highest BCUT2D eigenvalue weighted by molar-refractivity contribution is 7.00. The van der Waals surface area contributed by atoms with Crippen molar-refractivity contribution in [2.75, 3.05) is 5.32 Å². The van der Waals surface area contributed by atoms with E-state index < -0.39 is 5.91 Å². The number of phenols is 1. The van der Waals surface area contributed by atoms with E-state index in [2.05, 4.69) is 14.1 Å². The Labute approximate surface area is 123 Å². The lowest BCUT2D eigenvalue weighted by molar-refractivity contribution is 0.102. The quantitative estimate of drug-likeness (QED) is 0.761. The molecule has 0 aliphatic carbocycles. The molecule has 1 aromatic heterocycles. The lowest BCUT2D eigenvalue weighted by atomic mass is 10.1. The standard InChI is InChI=1S/C13H8ClN3O2S/c14-7-4-5-11(18)8(6-7)13(19)15-9-2-1-3-10-12(9)17-20-16-10/h1-6,18H,(H,15,19). The summed E-state index contributed by atoms with van der Waals surface area (Å²) in [6.07, 6.45) is 0. The summed E-state index contributed by atoms with van der Waals surface area (Å²) < 4.78 is 8.23. The average molecular weight is 306 g/mol. The maximum absolute atomic E-state index is 12.2. The summed E-state index contributed by atoms with van der Waals surface area (Å²) in [7, 11) is 0. The van der Waals surface area contributed by atoms with Crippen molar-refractivity contribution < 1.29 is 9.90 Å². The van der Waals surface area contributed by atoms with Gasteiger partial charge in [-0.25, -0.2) is 0 Å². The SMILES string of the molecule is O=C(Nc1cccc2nsnc12)c1cc(Cl)ccc1O. The highest BCUT2D eigenvalue weighted by Gasteiger charge is 2.14. The van der Waals surface area contributed by atoms with Crippen molar-refractivity contribution in [3.63, 3.8) is 0 Å². The number of amides is 1. The Morgan fingerprint density at radius 2 is 2.10 bits per heavy atom. The van der Waals surface area contributed by atoms with Crippen LogP contribution in [-0.4, -0.2) is 19.8 Å². The molecule has 7 heteroatoms. The summed E-state index contributed by atoms with van der Waals surface area (Å²) in [5.74, 6) is -0.582. The molecule has 1 amide bonds. The smallest absolute Gasteiger partial charge is 0.259 e. The van der Waals surface area contributed by atoms with Gasteiger partial charge in [-0.3, -0.25) is 4.79 Å². The van der Waals surface area contributed by atoms with Crippen LogP contribution in [0.3, 0.4) is 0 Å². The van der Waals surface area contributed by atoms with Crippen molar-refractivity contribution in [2.24, 2.45) is 0 Å². The number of nitrogens with zero attached hydrogens (tertiary/aromatic N) is 2. The second-order valence-corrected chi connectivity index (χ2v) is 5.02. The average Bonchev–Trinajstić information content (AvgIpc) is 2.91. The van der Waals surface area contributed by atoms with E-state index >= 15 is 0 Å². The van der Waals surface area contributed by atoms with Gasteiger partial charge in [0, 0.05) is 5.02 Å². The Hall–Kier alpha value is -2.18. The van der Waals surface area contributed by atoms with Crippen LogP contribution in [0.1, 0.15) is 10.4 Å². The Bertz CT molecular complexity index is 803. The fourth-order valence-corrected chi connectivity index (χ4v) is 2.51. The van der Waals surface area contributed by atoms with E-state index in [4.69, 9.17) is 11.6 Å². The van der Waals surface area contributed by atoms with Crippen LogP contribution in [0.5, 0.6) is 5.75 Å². The molecular weight excluding hydrogens is 298 g/mol. The minimum Gasteiger partial charge on any atom is -0.507 e. The van der Waals surface area contributed by atoms with Crippen molar-refractivity contribution in [1.82, 2.24) is 8.75 Å². The molecule has 3 rings (SSSR count). The number of hydrogen-bond donors (Lipinski definition) is 2. The summed E-state index contributed by atoms with van der Waals surface area (Å²) in [6.45, 7) is 0. The van der Waals surface area contributed by atoms with Crippen molar-refractivity contribution in [1.29, 1.82) is 0 Å². The van der Waals surface area contributed by atoms with Crippen LogP contribution in [0.15, 0.2) is 36.4 Å². The number of rotatable bonds is 2. The third-order valence-corrected chi connectivity index (χ3v) is 3.52. The van der Waals surface area contributed by atoms with Crippen LogP contribution < -0.4 is 5.32 Å². The normalized spacial score (nSPS) is 10.7. The number of nitrogens with one attached hydrogen (secondary N) is 1. The van der Waals surface area contributed by atoms with Crippen LogP contribution in [-0.2, 0) is 0 Å². The molecule has 0 unspecified atom stereocenters. The first-order chi connectivity index (χ1) is 9.65. The van der Waals surface area contributed by atoms with E-state index in [-0.39, 0.29) is 11.3 Å². The lowest BCUT2D eigenvalue weighted by Crippen LogP contribution is -2.12. The van der Waals surface area contributed by atoms with Crippen LogP contribution in [0.25, 0.3) is 11.0 Å². The zero-order valence-corrected chi connectivity index (χ0v) is 11.6. The number of benzene rings is 2. The number of aromatic nitrogens is 2. The molecule has 5 nitrogen and oxygen atoms in total. The lowest BCUT2D eigenvalue weighted by Gasteiger charge is -2.07. The minimum atomic E-state index is -0.453. The summed E-state index contributed by atoms with van der Waals surface area (Å²) in [6, 6.07) is 9.61. The number of phenolic OH excluding ortho intramolecular Hbond substituents is 1. The van der Waals surface area contributed by atoms with Gasteiger partial charge >= 0.3 is 0 Å². The maximum atomic E-state index is 12.2. The number of carbonyl (C=O) groups excluding carboxylic acids is 1. The third kappa shape index (κ3) is 2.31. The van der Waals surface area contributed by atoms with Crippen molar-refractivity contribution in [3.05, 3.63) is 47.0 Å². The Balaban J connectivity index is 1.96. The fraction of sp³-hybridized carbons (Fsp3) is 0. The molecule has 100 valence electrons. The molecule has 0 spiro atoms. The maximum Gasteiger partial charge on any atom is 0.259 e. The van der Waals surface area contributed by atoms with Gasteiger partial charge in [0.05, 0.1) is 23.0 Å². The molecular formula is C13H8ClN3O2S. The predicted octanol–water partition coefficient (Wildman–Crippen LogP) is 3.30. The molecule has 0 aliphatic heterocycles. The zero-order valence-electron chi connectivity index (χ0n) is 10.0. The molecule has 3 aromatic rings. The number of anilines is 1. The Morgan fingerprint density at radius 1 is 1.25 bits per heavy atom. The van der Waals surface area contributed by atoms with E-state index in [0.29, 0.717) is 21.7 Å². The van der Waals surface area contributed by atoms with Gasteiger partial charge in [0.1, 0.15) is 16.8 Å². The highest BCUT2D eigenvalue weighted by atomic mass is 35.5. The summed E-state index contributed by atoms with van der Waals surface area (Å²) in [4.78, 5) is 12.2. The third-order valence-electron chi connectivity index (χ3n) is 2.74. The molecule has 20 heavy (non-hydrogen) atoms. The predicted molar refractivity (Wildman–Crippen MR) is 78.5 cm³/mol. The molecule has 0 aliphatic rings. The van der Waals surface area contributed by atoms with Crippen molar-refractivity contribution in [3.8, 4) is 5.75 Å². The first kappa shape index (κ1) is 12.8. The van der Waals surface area contributed by atoms with Crippen LogP contribution in [0.2, 0.25) is 5.02 Å². The van der Waals surface area contributed by atoms with Crippen molar-refractivity contribution in [2.45, 2.75) is 0 Å². The van der Waals surface area contributed by atoms with Gasteiger partial charge in [-0.2, -0.15) is 8.75 Å². The summed E-state index contributed by atoms with van der Waals surface area (Å²) in [5, 5.41) is 12.8. The van der Waals surface area contributed by atoms with E-state index in [1.165, 1.54) is 18.2 Å². The number of fused-ring (bicyclic) bond motifs is 1. The van der Waals surface area contributed by atoms with E-state index in [1.807, 2.05) is 6.07 Å². The first-order valence-electron chi connectivity index (χ1n) is 5.66. The fourth-order valence-electron chi connectivity index (χ4n) is 1.79. The summed E-state index contributed by atoms with van der Waals surface area (Å²) >= 11 is 6.90. The number of aromatic hydroxyl groups is 1. The molecule has 0 atom stereocenters. The van der Waals surface area contributed by atoms with Gasteiger partial charge in [0.15, 0.2) is 0 Å². The van der Waals surface area contributed by atoms with E-state index in [0.717, 1.165) is 11.7 Å². The van der Waals surface area contributed by atoms with Crippen LogP contribution >= 0.6 is 23.3 Å². The Kier molecular flexibility index (Phi) is 3.25. The van der Waals surface area contributed by atoms with Gasteiger partial charge in [-0.15, -0.1) is 0 Å². The molecule has 1 heterocycles. The number of carbonyl (C=O) groups is 1. The summed E-state index contributed by atoms with van der Waals surface area (Å²) in [5.41, 5.74) is 1.98. The molecule has 0 bridgehead atoms. The molecule has 0 radical (unpaired) electrons. The first-order valence-corrected chi connectivity index (χ1v) is 6.77. The molecule has 0 saturated carbocycles. The van der Waals surface area contributed by atoms with Gasteiger partial charge in [0.25, 0.3) is 5.91 Å². The topological polar surface area (TPSA) is 75.1 Å².